The van der Waals surface area contributed by atoms with Gasteiger partial charge in [0.2, 0.25) is 5.91 Å². The number of rotatable bonds is 61. The summed E-state index contributed by atoms with van der Waals surface area (Å²) in [6, 6.07) is -1.76. The van der Waals surface area contributed by atoms with Gasteiger partial charge in [-0.3, -0.25) is 13.8 Å². The average molecular weight is 1700 g/mol. The molecule has 0 spiro atoms. The predicted molar refractivity (Wildman–Crippen MR) is 493 cm³/mol. The largest absolute Gasteiger partial charge is 0.483 e. The summed E-state index contributed by atoms with van der Waals surface area (Å²) < 4.78 is 57.0. The van der Waals surface area contributed by atoms with Crippen LogP contribution in [0, 0.1) is 5.92 Å². The number of ether oxygens (including phenoxy) is 3. The first-order chi connectivity index (χ1) is 56.3. The summed E-state index contributed by atoms with van der Waals surface area (Å²) in [6.45, 7) is 39.3. The van der Waals surface area contributed by atoms with Crippen LogP contribution in [-0.2, 0) is 41.5 Å². The third-order valence-electron chi connectivity index (χ3n) is 22.4. The van der Waals surface area contributed by atoms with Gasteiger partial charge in [-0.1, -0.05) is 193 Å². The van der Waals surface area contributed by atoms with E-state index in [1.54, 1.807) is 0 Å². The van der Waals surface area contributed by atoms with E-state index in [0.29, 0.717) is 6.42 Å². The van der Waals surface area contributed by atoms with Crippen molar-refractivity contribution in [3.05, 3.63) is 186 Å². The van der Waals surface area contributed by atoms with Crippen LogP contribution in [0.5, 0.6) is 0 Å². The van der Waals surface area contributed by atoms with Gasteiger partial charge in [0.25, 0.3) is 0 Å². The zero-order valence-corrected chi connectivity index (χ0v) is 79.0. The van der Waals surface area contributed by atoms with Gasteiger partial charge in [-0.05, 0) is 336 Å². The van der Waals surface area contributed by atoms with Crippen molar-refractivity contribution in [2.45, 2.75) is 405 Å². The third-order valence-corrected chi connectivity index (χ3v) is 25.0. The molecule has 18 nitrogen and oxygen atoms in total. The molecule has 0 saturated carbocycles. The second kappa shape index (κ2) is 63.2. The summed E-state index contributed by atoms with van der Waals surface area (Å²) in [5.74, 6) is -0.765. The molecule has 2 heterocycles. The molecule has 2 aliphatic rings. The van der Waals surface area contributed by atoms with Crippen LogP contribution in [0.2, 0.25) is 0 Å². The van der Waals surface area contributed by atoms with E-state index in [1.807, 2.05) is 6.92 Å². The molecule has 0 aliphatic carbocycles. The Balaban J connectivity index is 1.59. The standard InChI is InChI=1S/C99H165NO17P2/c1-72(2)36-20-37-73(3)38-21-39-74(4)40-22-41-75(5)42-23-43-76(6)44-24-45-77(7)46-25-47-78(8)48-26-49-79(9)50-27-51-80(10)52-28-53-81(11)54-29-55-82(12)56-30-57-83(13)58-31-59-84(14)60-32-61-85(15)62-33-63-86(16)64-34-65-87(17)66-35-67-88(18)68-69-112-118(108,109)117-119(110,111)116-98-92(100-89(19)103)94(105)97(91(71-102)114-98)115-99-96(107)95(106)93(104)90(70-101)113-99/h36,38,40,42,44,46,48,50,52,54,56,58,60,62,64,66,88,90-99,101-102,104-107H,20-35,37,39,41,43,45,47,49,51,53,55,57,59,61,63,65,67-71H2,1-19H3,(H,100,103)(H,108,109)(H,110,111)/b73-38+,74-40+,75-42-,76-44-,77-46-,78-48-,79-50-,80-52-,81-54-,82-56-,83-58-,84-60-,85-62-,86-64-,87-66-/t88-,90+,91+,92+,93+,94+,95-,96+,97+,98+,99-/m0/s1. The number of aliphatic hydroxyl groups is 6. The Labute approximate surface area is 721 Å². The first-order valence-corrected chi connectivity index (χ1v) is 47.7. The molecule has 0 aromatic carbocycles. The molecular weight excluding hydrogens is 1540 g/mol. The van der Waals surface area contributed by atoms with Crippen molar-refractivity contribution in [3.8, 4) is 0 Å². The monoisotopic (exact) mass is 1700 g/mol. The molecule has 0 aromatic rings. The van der Waals surface area contributed by atoms with Crippen LogP contribution in [-0.4, -0.2) is 128 Å². The molecule has 1 amide bonds. The van der Waals surface area contributed by atoms with E-state index in [2.05, 4.69) is 225 Å². The van der Waals surface area contributed by atoms with Gasteiger partial charge in [0.1, 0.15) is 48.8 Å². The summed E-state index contributed by atoms with van der Waals surface area (Å²) in [5, 5.41) is 64.0. The van der Waals surface area contributed by atoms with E-state index in [9.17, 15) is 54.4 Å². The normalized spacial score (nSPS) is 23.3. The lowest BCUT2D eigenvalue weighted by Crippen LogP contribution is -2.67. The van der Waals surface area contributed by atoms with Gasteiger partial charge in [0.05, 0.1) is 19.8 Å². The lowest BCUT2D eigenvalue weighted by Gasteiger charge is -2.47. The summed E-state index contributed by atoms with van der Waals surface area (Å²) in [4.78, 5) is 33.1. The SMILES string of the molecule is CC(=O)N[C@H]1[C@@H](OP(=O)(O)OP(=O)(O)OCC[C@@H](C)CC/C=C(/C)CC/C=C(/C)CC/C=C(/C)CC/C=C(/C)CC/C=C(/C)CC/C=C(/C)CC/C=C(/C)CC/C=C(/C)CC/C=C(/C)CC/C=C(/C)CC/C=C(/C)CC/C=C(/C)CC/C=C(/C)CC/C=C(\C)CC/C=C(\C)CCC=C(C)C)O[C@H](CO)[C@@H](O[C@@H]2O[C@H](CO)[C@@H](O)[C@H](O)[C@H]2O)[C@@H]1O. The fraction of sp³-hybridized carbons (Fsp3) is 0.667. The van der Waals surface area contributed by atoms with Crippen molar-refractivity contribution in [2.75, 3.05) is 19.8 Å². The average Bonchev–Trinajstić information content (AvgIpc) is 0.777. The molecule has 9 N–H and O–H groups in total. The van der Waals surface area contributed by atoms with Crippen LogP contribution in [0.15, 0.2) is 186 Å². The summed E-state index contributed by atoms with van der Waals surface area (Å²) in [7, 11) is -10.8. The van der Waals surface area contributed by atoms with Crippen LogP contribution >= 0.6 is 15.6 Å². The van der Waals surface area contributed by atoms with Gasteiger partial charge in [-0.2, -0.15) is 4.31 Å². The van der Waals surface area contributed by atoms with Crippen LogP contribution in [0.4, 0.5) is 0 Å². The Morgan fingerprint density at radius 1 is 0.345 bits per heavy atom. The minimum Gasteiger partial charge on any atom is -0.394 e. The first kappa shape index (κ1) is 110. The lowest BCUT2D eigenvalue weighted by molar-refractivity contribution is -0.344. The minimum atomic E-state index is -5.59. The summed E-state index contributed by atoms with van der Waals surface area (Å²) >= 11 is 0. The van der Waals surface area contributed by atoms with E-state index in [-0.39, 0.29) is 12.5 Å². The number of aliphatic hydroxyl groups excluding tert-OH is 6. The lowest BCUT2D eigenvalue weighted by atomic mass is 9.95. The highest BCUT2D eigenvalue weighted by Gasteiger charge is 2.53. The zero-order chi connectivity index (χ0) is 88.9. The van der Waals surface area contributed by atoms with Gasteiger partial charge < -0.3 is 60.0 Å². The molecule has 119 heavy (non-hydrogen) atoms. The Bertz CT molecular complexity index is 3580. The first-order valence-electron chi connectivity index (χ1n) is 44.7. The fourth-order valence-electron chi connectivity index (χ4n) is 14.2. The number of amides is 1. The van der Waals surface area contributed by atoms with Crippen LogP contribution < -0.4 is 5.32 Å². The van der Waals surface area contributed by atoms with Crippen LogP contribution in [0.3, 0.4) is 0 Å². The van der Waals surface area contributed by atoms with Crippen molar-refractivity contribution in [1.82, 2.24) is 5.32 Å². The number of carbonyl (C=O) groups excluding carboxylic acids is 1. The van der Waals surface area contributed by atoms with Crippen molar-refractivity contribution in [2.24, 2.45) is 5.92 Å². The molecule has 2 aliphatic heterocycles. The highest BCUT2D eigenvalue weighted by molar-refractivity contribution is 7.61. The molecule has 2 unspecified atom stereocenters. The molecule has 678 valence electrons. The van der Waals surface area contributed by atoms with Gasteiger partial charge in [-0.25, -0.2) is 9.13 Å². The highest BCUT2D eigenvalue weighted by atomic mass is 31.3. The second-order valence-corrected chi connectivity index (χ2v) is 37.8. The summed E-state index contributed by atoms with van der Waals surface area (Å²) in [6.07, 6.45) is 57.6. The smallest absolute Gasteiger partial charge is 0.394 e. The topological polar surface area (TPSA) is 280 Å². The Hall–Kier alpha value is -4.79. The number of nitrogens with one attached hydrogen (secondary N) is 1. The molecule has 2 fully saturated rings. The van der Waals surface area contributed by atoms with E-state index >= 15 is 0 Å². The number of phosphoric acid groups is 2. The number of phosphoric ester groups is 2. The molecule has 0 aromatic heterocycles. The Kier molecular flexibility index (Phi) is 58.5. The minimum absolute atomic E-state index is 0.0390. The van der Waals surface area contributed by atoms with Crippen molar-refractivity contribution >= 4 is 21.6 Å². The highest BCUT2D eigenvalue weighted by Crippen LogP contribution is 2.61. The van der Waals surface area contributed by atoms with E-state index in [1.165, 1.54) is 102 Å². The summed E-state index contributed by atoms with van der Waals surface area (Å²) in [5.41, 5.74) is 23.5. The predicted octanol–water partition coefficient (Wildman–Crippen LogP) is 24.7. The van der Waals surface area contributed by atoms with Gasteiger partial charge >= 0.3 is 15.6 Å². The third kappa shape index (κ3) is 53.9. The van der Waals surface area contributed by atoms with Crippen molar-refractivity contribution in [3.63, 3.8) is 0 Å². The van der Waals surface area contributed by atoms with E-state index in [0.717, 1.165) is 200 Å². The van der Waals surface area contributed by atoms with E-state index < -0.39 is 96.1 Å². The van der Waals surface area contributed by atoms with Gasteiger partial charge in [-0.15, -0.1) is 0 Å². The van der Waals surface area contributed by atoms with Crippen LogP contribution in [0.25, 0.3) is 0 Å². The van der Waals surface area contributed by atoms with Crippen LogP contribution in [0.1, 0.15) is 343 Å². The van der Waals surface area contributed by atoms with Crippen molar-refractivity contribution in [1.29, 1.82) is 0 Å². The molecule has 2 rings (SSSR count). The molecule has 0 bridgehead atoms. The number of hydrogen-bond donors (Lipinski definition) is 9. The number of carbonyl (C=O) groups is 1. The van der Waals surface area contributed by atoms with Gasteiger partial charge in [0.15, 0.2) is 12.6 Å². The molecule has 20 heteroatoms. The Morgan fingerprint density at radius 2 is 0.605 bits per heavy atom. The quantitative estimate of drug-likeness (QED) is 0.0202. The van der Waals surface area contributed by atoms with Crippen molar-refractivity contribution < 1.29 is 81.9 Å². The Morgan fingerprint density at radius 3 is 0.866 bits per heavy atom. The zero-order valence-electron chi connectivity index (χ0n) is 77.2. The molecular formula is C99H165NO17P2. The molecule has 0 radical (unpaired) electrons. The maximum atomic E-state index is 13.1. The molecule has 13 atom stereocenters. The second-order valence-electron chi connectivity index (χ2n) is 34.8. The number of hydrogen-bond acceptors (Lipinski definition) is 15. The van der Waals surface area contributed by atoms with E-state index in [4.69, 9.17) is 23.3 Å². The maximum Gasteiger partial charge on any atom is 0.483 e. The van der Waals surface area contributed by atoms with Gasteiger partial charge in [0, 0.05) is 6.92 Å². The maximum absolute atomic E-state index is 13.1. The number of allylic oxidation sites excluding steroid dienone is 32. The molecule has 2 saturated heterocycles. The fourth-order valence-corrected chi connectivity index (χ4v) is 16.4.